The number of anilines is 1. The summed E-state index contributed by atoms with van der Waals surface area (Å²) >= 11 is 6.04. The van der Waals surface area contributed by atoms with Crippen LogP contribution in [0, 0.1) is 11.8 Å². The third-order valence-electron chi connectivity index (χ3n) is 4.41. The van der Waals surface area contributed by atoms with Gasteiger partial charge in [0.15, 0.2) is 0 Å². The molecule has 1 aliphatic heterocycles. The van der Waals surface area contributed by atoms with Crippen LogP contribution in [0.5, 0.6) is 5.75 Å². The Kier molecular flexibility index (Phi) is 5.26. The van der Waals surface area contributed by atoms with Crippen molar-refractivity contribution in [3.8, 4) is 5.75 Å². The first kappa shape index (κ1) is 17.0. The second-order valence-electron chi connectivity index (χ2n) is 6.17. The maximum atomic E-state index is 12.2. The van der Waals surface area contributed by atoms with Crippen molar-refractivity contribution in [2.24, 2.45) is 11.8 Å². The zero-order valence-corrected chi connectivity index (χ0v) is 14.3. The largest absolute Gasteiger partial charge is 0.495 e. The number of ether oxygens (including phenoxy) is 2. The lowest BCUT2D eigenvalue weighted by atomic mass is 10.2. The van der Waals surface area contributed by atoms with Crippen molar-refractivity contribution in [3.63, 3.8) is 0 Å². The molecule has 1 aromatic carbocycles. The first-order valence-electron chi connectivity index (χ1n) is 8.12. The number of hydrogen-bond acceptors (Lipinski definition) is 4. The van der Waals surface area contributed by atoms with Crippen molar-refractivity contribution >= 4 is 29.1 Å². The van der Waals surface area contributed by atoms with Crippen LogP contribution >= 0.6 is 11.6 Å². The Labute approximate surface area is 145 Å². The van der Waals surface area contributed by atoms with Crippen LogP contribution in [0.2, 0.25) is 5.02 Å². The Balaban J connectivity index is 1.46. The van der Waals surface area contributed by atoms with Crippen molar-refractivity contribution in [3.05, 3.63) is 23.2 Å². The van der Waals surface area contributed by atoms with Gasteiger partial charge in [-0.25, -0.2) is 0 Å². The van der Waals surface area contributed by atoms with E-state index < -0.39 is 0 Å². The SMILES string of the molecule is COc1ccc(NC(=O)C2CC2C(=O)NCC2CCCO2)cc1Cl. The van der Waals surface area contributed by atoms with Gasteiger partial charge in [0.25, 0.3) is 0 Å². The van der Waals surface area contributed by atoms with Crippen molar-refractivity contribution in [1.29, 1.82) is 0 Å². The molecule has 0 aromatic heterocycles. The van der Waals surface area contributed by atoms with Gasteiger partial charge in [-0.05, 0) is 37.5 Å². The van der Waals surface area contributed by atoms with Gasteiger partial charge in [0.1, 0.15) is 5.75 Å². The van der Waals surface area contributed by atoms with Crippen LogP contribution < -0.4 is 15.4 Å². The molecule has 6 nitrogen and oxygen atoms in total. The number of nitrogens with one attached hydrogen (secondary N) is 2. The van der Waals surface area contributed by atoms with Gasteiger partial charge in [-0.15, -0.1) is 0 Å². The monoisotopic (exact) mass is 352 g/mol. The van der Waals surface area contributed by atoms with E-state index >= 15 is 0 Å². The Morgan fingerprint density at radius 2 is 2.12 bits per heavy atom. The number of methoxy groups -OCH3 is 1. The normalized spacial score (nSPS) is 25.2. The van der Waals surface area contributed by atoms with Gasteiger partial charge in [0, 0.05) is 18.8 Å². The van der Waals surface area contributed by atoms with E-state index in [2.05, 4.69) is 10.6 Å². The van der Waals surface area contributed by atoms with E-state index in [0.29, 0.717) is 29.4 Å². The maximum absolute atomic E-state index is 12.2. The molecule has 2 amide bonds. The lowest BCUT2D eigenvalue weighted by molar-refractivity contribution is -0.125. The molecule has 1 saturated heterocycles. The van der Waals surface area contributed by atoms with Gasteiger partial charge in [-0.1, -0.05) is 11.6 Å². The van der Waals surface area contributed by atoms with Crippen LogP contribution in [0.4, 0.5) is 5.69 Å². The fraction of sp³-hybridized carbons (Fsp3) is 0.529. The Morgan fingerprint density at radius 3 is 2.79 bits per heavy atom. The predicted octanol–water partition coefficient (Wildman–Crippen LogP) is 2.22. The van der Waals surface area contributed by atoms with Crippen LogP contribution in [0.1, 0.15) is 19.3 Å². The second kappa shape index (κ2) is 7.40. The first-order chi connectivity index (χ1) is 11.6. The minimum Gasteiger partial charge on any atom is -0.495 e. The lowest BCUT2D eigenvalue weighted by Crippen LogP contribution is -2.33. The quantitative estimate of drug-likeness (QED) is 0.823. The highest BCUT2D eigenvalue weighted by Gasteiger charge is 2.48. The molecule has 1 aliphatic carbocycles. The predicted molar refractivity (Wildman–Crippen MR) is 90.2 cm³/mol. The molecule has 1 heterocycles. The van der Waals surface area contributed by atoms with E-state index in [1.54, 1.807) is 18.2 Å². The van der Waals surface area contributed by atoms with E-state index in [0.717, 1.165) is 19.4 Å². The molecule has 2 fully saturated rings. The molecule has 3 unspecified atom stereocenters. The number of amides is 2. The molecule has 1 aromatic rings. The molecular weight excluding hydrogens is 332 g/mol. The highest BCUT2D eigenvalue weighted by atomic mass is 35.5. The molecule has 24 heavy (non-hydrogen) atoms. The van der Waals surface area contributed by atoms with E-state index in [1.165, 1.54) is 7.11 Å². The number of halogens is 1. The van der Waals surface area contributed by atoms with E-state index in [9.17, 15) is 9.59 Å². The molecule has 2 N–H and O–H groups in total. The summed E-state index contributed by atoms with van der Waals surface area (Å²) in [6.45, 7) is 1.29. The molecule has 2 aliphatic rings. The highest BCUT2D eigenvalue weighted by Crippen LogP contribution is 2.40. The van der Waals surface area contributed by atoms with Gasteiger partial charge in [-0.3, -0.25) is 9.59 Å². The fourth-order valence-corrected chi connectivity index (χ4v) is 3.16. The minimum atomic E-state index is -0.282. The molecule has 0 radical (unpaired) electrons. The van der Waals surface area contributed by atoms with E-state index in [-0.39, 0.29) is 29.8 Å². The Hall–Kier alpha value is -1.79. The standard InChI is InChI=1S/C17H21ClN2O4/c1-23-15-5-4-10(7-14(15)18)20-17(22)13-8-12(13)16(21)19-9-11-3-2-6-24-11/h4-5,7,11-13H,2-3,6,8-9H2,1H3,(H,19,21)(H,20,22). The second-order valence-corrected chi connectivity index (χ2v) is 6.57. The maximum Gasteiger partial charge on any atom is 0.228 e. The van der Waals surface area contributed by atoms with Crippen LogP contribution in [-0.4, -0.2) is 38.2 Å². The molecule has 7 heteroatoms. The summed E-state index contributed by atoms with van der Waals surface area (Å²) in [4.78, 5) is 24.3. The van der Waals surface area contributed by atoms with Gasteiger partial charge >= 0.3 is 0 Å². The number of carbonyl (C=O) groups excluding carboxylic acids is 2. The zero-order chi connectivity index (χ0) is 17.1. The Bertz CT molecular complexity index is 631. The van der Waals surface area contributed by atoms with Crippen molar-refractivity contribution in [2.75, 3.05) is 25.6 Å². The summed E-state index contributed by atoms with van der Waals surface area (Å²) in [7, 11) is 1.53. The fourth-order valence-electron chi connectivity index (χ4n) is 2.90. The molecular formula is C17H21ClN2O4. The average Bonchev–Trinajstić information content (AvgIpc) is 3.21. The van der Waals surface area contributed by atoms with Crippen LogP contribution in [0.15, 0.2) is 18.2 Å². The summed E-state index contributed by atoms with van der Waals surface area (Å²) < 4.78 is 10.5. The van der Waals surface area contributed by atoms with Crippen LogP contribution in [0.3, 0.4) is 0 Å². The number of benzene rings is 1. The molecule has 130 valence electrons. The molecule has 3 atom stereocenters. The highest BCUT2D eigenvalue weighted by molar-refractivity contribution is 6.32. The molecule has 3 rings (SSSR count). The van der Waals surface area contributed by atoms with Gasteiger partial charge < -0.3 is 20.1 Å². The molecule has 0 spiro atoms. The lowest BCUT2D eigenvalue weighted by Gasteiger charge is -2.11. The van der Waals surface area contributed by atoms with E-state index in [4.69, 9.17) is 21.1 Å². The van der Waals surface area contributed by atoms with Crippen LogP contribution in [0.25, 0.3) is 0 Å². The average molecular weight is 353 g/mol. The Morgan fingerprint density at radius 1 is 1.33 bits per heavy atom. The zero-order valence-electron chi connectivity index (χ0n) is 13.5. The summed E-state index contributed by atoms with van der Waals surface area (Å²) in [5.74, 6) is -0.213. The third-order valence-corrected chi connectivity index (χ3v) is 4.71. The van der Waals surface area contributed by atoms with E-state index in [1.807, 2.05) is 0 Å². The smallest absolute Gasteiger partial charge is 0.228 e. The van der Waals surface area contributed by atoms with Crippen molar-refractivity contribution in [1.82, 2.24) is 5.32 Å². The topological polar surface area (TPSA) is 76.7 Å². The number of rotatable bonds is 6. The first-order valence-corrected chi connectivity index (χ1v) is 8.50. The number of hydrogen-bond donors (Lipinski definition) is 2. The van der Waals surface area contributed by atoms with Crippen molar-refractivity contribution < 1.29 is 19.1 Å². The van der Waals surface area contributed by atoms with Crippen LogP contribution in [-0.2, 0) is 14.3 Å². The summed E-state index contributed by atoms with van der Waals surface area (Å²) in [5, 5.41) is 6.10. The summed E-state index contributed by atoms with van der Waals surface area (Å²) in [6, 6.07) is 5.04. The minimum absolute atomic E-state index is 0.0709. The number of carbonyl (C=O) groups is 2. The summed E-state index contributed by atoms with van der Waals surface area (Å²) in [5.41, 5.74) is 0.594. The summed E-state index contributed by atoms with van der Waals surface area (Å²) in [6.07, 6.45) is 2.71. The third kappa shape index (κ3) is 3.99. The van der Waals surface area contributed by atoms with Gasteiger partial charge in [0.05, 0.1) is 30.1 Å². The van der Waals surface area contributed by atoms with Gasteiger partial charge in [0.2, 0.25) is 11.8 Å². The molecule has 0 bridgehead atoms. The van der Waals surface area contributed by atoms with Crippen molar-refractivity contribution in [2.45, 2.75) is 25.4 Å². The molecule has 1 saturated carbocycles. The van der Waals surface area contributed by atoms with Gasteiger partial charge in [-0.2, -0.15) is 0 Å².